The Morgan fingerprint density at radius 1 is 1.57 bits per heavy atom. The lowest BCUT2D eigenvalue weighted by Gasteiger charge is -2.02. The van der Waals surface area contributed by atoms with Crippen LogP contribution in [-0.4, -0.2) is 12.1 Å². The molecule has 1 radical (unpaired) electrons. The van der Waals surface area contributed by atoms with Crippen molar-refractivity contribution in [2.75, 3.05) is 6.54 Å². The van der Waals surface area contributed by atoms with Gasteiger partial charge in [0, 0.05) is 12.1 Å². The van der Waals surface area contributed by atoms with Crippen molar-refractivity contribution in [1.29, 1.82) is 0 Å². The van der Waals surface area contributed by atoms with Crippen LogP contribution in [0, 0.1) is 0 Å². The van der Waals surface area contributed by atoms with Gasteiger partial charge in [0.25, 0.3) is 0 Å². The highest BCUT2D eigenvalue weighted by atomic mass is 15.0. The molecule has 0 aromatic carbocycles. The molecule has 1 aliphatic rings. The van der Waals surface area contributed by atoms with Crippen LogP contribution in [0.5, 0.6) is 0 Å². The van der Waals surface area contributed by atoms with Gasteiger partial charge in [-0.2, -0.15) is 0 Å². The molecule has 7 heavy (non-hydrogen) atoms. The largest absolute Gasteiger partial charge is 0.236 e. The second kappa shape index (κ2) is 1.48. The van der Waals surface area contributed by atoms with Crippen molar-refractivity contribution in [3.05, 3.63) is 0 Å². The van der Waals surface area contributed by atoms with Gasteiger partial charge in [0.2, 0.25) is 0 Å². The minimum atomic E-state index is 0.425. The first-order valence-corrected chi connectivity index (χ1v) is 2.95. The molecule has 0 spiro atoms. The van der Waals surface area contributed by atoms with Crippen molar-refractivity contribution in [3.8, 4) is 0 Å². The zero-order valence-electron chi connectivity index (χ0n) is 5.07. The molecule has 1 heteroatoms. The molecule has 0 atom stereocenters. The molecule has 1 fully saturated rings. The van der Waals surface area contributed by atoms with Gasteiger partial charge in [0.05, 0.1) is 0 Å². The van der Waals surface area contributed by atoms with Gasteiger partial charge in [-0.15, -0.1) is 0 Å². The van der Waals surface area contributed by atoms with E-state index in [0.29, 0.717) is 5.54 Å². The smallest absolute Gasteiger partial charge is 0.0330 e. The molecule has 0 saturated heterocycles. The molecular weight excluding hydrogens is 86.1 g/mol. The summed E-state index contributed by atoms with van der Waals surface area (Å²) >= 11 is 0. The number of rotatable bonds is 2. The monoisotopic (exact) mass is 98.1 g/mol. The lowest BCUT2D eigenvalue weighted by Crippen LogP contribution is -2.18. The van der Waals surface area contributed by atoms with Gasteiger partial charge in [-0.3, -0.25) is 0 Å². The average Bonchev–Trinajstić information content (AvgIpc) is 2.22. The molecule has 1 nitrogen and oxygen atoms in total. The fourth-order valence-electron chi connectivity index (χ4n) is 0.721. The Bertz CT molecular complexity index is 64.6. The average molecular weight is 98.2 g/mol. The maximum Gasteiger partial charge on any atom is 0.0330 e. The van der Waals surface area contributed by atoms with Crippen LogP contribution in [0.4, 0.5) is 0 Å². The quantitative estimate of drug-likeness (QED) is 0.492. The van der Waals surface area contributed by atoms with E-state index in [4.69, 9.17) is 0 Å². The Morgan fingerprint density at radius 3 is 2.29 bits per heavy atom. The Hall–Kier alpha value is -0.0400. The van der Waals surface area contributed by atoms with Crippen molar-refractivity contribution in [2.24, 2.45) is 0 Å². The van der Waals surface area contributed by atoms with Crippen LogP contribution in [0.2, 0.25) is 0 Å². The SMILES string of the molecule is CC[N]C1(C)CC1. The van der Waals surface area contributed by atoms with Gasteiger partial charge in [-0.25, -0.2) is 5.32 Å². The van der Waals surface area contributed by atoms with E-state index in [1.54, 1.807) is 0 Å². The Balaban J connectivity index is 2.13. The van der Waals surface area contributed by atoms with Crippen LogP contribution < -0.4 is 5.32 Å². The lowest BCUT2D eigenvalue weighted by atomic mass is 10.3. The van der Waals surface area contributed by atoms with Crippen LogP contribution in [-0.2, 0) is 0 Å². The minimum Gasteiger partial charge on any atom is -0.236 e. The maximum atomic E-state index is 4.37. The Morgan fingerprint density at radius 2 is 2.14 bits per heavy atom. The molecule has 0 N–H and O–H groups in total. The number of nitrogens with zero attached hydrogens (tertiary/aromatic N) is 1. The van der Waals surface area contributed by atoms with E-state index in [0.717, 1.165) is 6.54 Å². The molecule has 41 valence electrons. The first-order valence-electron chi connectivity index (χ1n) is 2.95. The van der Waals surface area contributed by atoms with E-state index in [1.165, 1.54) is 12.8 Å². The van der Waals surface area contributed by atoms with Crippen molar-refractivity contribution < 1.29 is 0 Å². The first-order chi connectivity index (χ1) is 3.27. The summed E-state index contributed by atoms with van der Waals surface area (Å²) in [6.45, 7) is 5.32. The van der Waals surface area contributed by atoms with Gasteiger partial charge in [0.1, 0.15) is 0 Å². The van der Waals surface area contributed by atoms with E-state index in [1.807, 2.05) is 0 Å². The molecule has 0 aliphatic heterocycles. The fraction of sp³-hybridized carbons (Fsp3) is 1.00. The fourth-order valence-corrected chi connectivity index (χ4v) is 0.721. The van der Waals surface area contributed by atoms with E-state index in [2.05, 4.69) is 19.2 Å². The Labute approximate surface area is 45.1 Å². The lowest BCUT2D eigenvalue weighted by molar-refractivity contribution is 0.546. The van der Waals surface area contributed by atoms with Crippen molar-refractivity contribution in [1.82, 2.24) is 5.32 Å². The van der Waals surface area contributed by atoms with Crippen molar-refractivity contribution in [2.45, 2.75) is 32.2 Å². The van der Waals surface area contributed by atoms with Gasteiger partial charge < -0.3 is 0 Å². The number of hydrogen-bond donors (Lipinski definition) is 0. The normalized spacial score (nSPS) is 24.9. The summed E-state index contributed by atoms with van der Waals surface area (Å²) in [4.78, 5) is 0. The predicted molar refractivity (Wildman–Crippen MR) is 30.3 cm³/mol. The zero-order valence-corrected chi connectivity index (χ0v) is 5.07. The summed E-state index contributed by atoms with van der Waals surface area (Å²) in [6, 6.07) is 0. The van der Waals surface area contributed by atoms with Gasteiger partial charge in [-0.1, -0.05) is 6.92 Å². The first kappa shape index (κ1) is 5.10. The third kappa shape index (κ3) is 1.16. The van der Waals surface area contributed by atoms with Crippen LogP contribution in [0.25, 0.3) is 0 Å². The molecule has 0 aromatic rings. The third-order valence-corrected chi connectivity index (χ3v) is 1.51. The third-order valence-electron chi connectivity index (χ3n) is 1.51. The highest BCUT2D eigenvalue weighted by molar-refractivity contribution is 4.96. The zero-order chi connectivity index (χ0) is 5.33. The molecule has 0 unspecified atom stereocenters. The van der Waals surface area contributed by atoms with E-state index < -0.39 is 0 Å². The topological polar surface area (TPSA) is 14.1 Å². The summed E-state index contributed by atoms with van der Waals surface area (Å²) in [7, 11) is 0. The van der Waals surface area contributed by atoms with Gasteiger partial charge in [-0.05, 0) is 19.8 Å². The Kier molecular flexibility index (Phi) is 1.08. The van der Waals surface area contributed by atoms with Crippen molar-refractivity contribution >= 4 is 0 Å². The minimum absolute atomic E-state index is 0.425. The van der Waals surface area contributed by atoms with Crippen LogP contribution in [0.3, 0.4) is 0 Å². The van der Waals surface area contributed by atoms with Crippen molar-refractivity contribution in [3.63, 3.8) is 0 Å². The van der Waals surface area contributed by atoms with E-state index in [-0.39, 0.29) is 0 Å². The van der Waals surface area contributed by atoms with Crippen LogP contribution in [0.1, 0.15) is 26.7 Å². The summed E-state index contributed by atoms with van der Waals surface area (Å²) in [5.74, 6) is 0. The van der Waals surface area contributed by atoms with Crippen LogP contribution >= 0.6 is 0 Å². The van der Waals surface area contributed by atoms with Crippen LogP contribution in [0.15, 0.2) is 0 Å². The second-order valence-corrected chi connectivity index (χ2v) is 2.47. The second-order valence-electron chi connectivity index (χ2n) is 2.47. The summed E-state index contributed by atoms with van der Waals surface area (Å²) in [6.07, 6.45) is 2.64. The maximum absolute atomic E-state index is 4.37. The van der Waals surface area contributed by atoms with Gasteiger partial charge >= 0.3 is 0 Å². The molecule has 0 amide bonds. The molecular formula is C6H12N. The highest BCUT2D eigenvalue weighted by Crippen LogP contribution is 2.35. The van der Waals surface area contributed by atoms with Gasteiger partial charge in [0.15, 0.2) is 0 Å². The molecule has 0 heterocycles. The summed E-state index contributed by atoms with van der Waals surface area (Å²) < 4.78 is 0. The summed E-state index contributed by atoms with van der Waals surface area (Å²) in [5, 5.41) is 4.37. The van der Waals surface area contributed by atoms with E-state index >= 15 is 0 Å². The molecule has 1 saturated carbocycles. The standard InChI is InChI=1S/C6H12N/c1-3-7-6(2)4-5-6/h3-5H2,1-2H3. The molecule has 1 rings (SSSR count). The molecule has 1 aliphatic carbocycles. The predicted octanol–water partition coefficient (Wildman–Crippen LogP) is 1.16. The van der Waals surface area contributed by atoms with E-state index in [9.17, 15) is 0 Å². The highest BCUT2D eigenvalue weighted by Gasteiger charge is 2.36. The molecule has 0 aromatic heterocycles. The molecule has 0 bridgehead atoms. The summed E-state index contributed by atoms with van der Waals surface area (Å²) in [5.41, 5.74) is 0.425. The number of hydrogen-bond acceptors (Lipinski definition) is 0.